The zero-order chi connectivity index (χ0) is 16.4. The molecule has 0 aliphatic rings. The Balaban J connectivity index is 2.13. The summed E-state index contributed by atoms with van der Waals surface area (Å²) in [7, 11) is 0. The molecule has 0 saturated carbocycles. The number of ether oxygens (including phenoxy) is 1. The molecule has 1 aromatic heterocycles. The van der Waals surface area contributed by atoms with Crippen LogP contribution < -0.4 is 4.74 Å². The van der Waals surface area contributed by atoms with E-state index in [-0.39, 0.29) is 6.42 Å². The first-order valence-corrected chi connectivity index (χ1v) is 7.71. The van der Waals surface area contributed by atoms with Gasteiger partial charge in [0.25, 0.3) is 0 Å². The van der Waals surface area contributed by atoms with Gasteiger partial charge >= 0.3 is 5.97 Å². The Kier molecular flexibility index (Phi) is 4.26. The number of carbonyl (C=O) groups is 1. The molecule has 3 aromatic rings. The van der Waals surface area contributed by atoms with Crippen molar-refractivity contribution in [2.45, 2.75) is 13.3 Å². The van der Waals surface area contributed by atoms with Crippen LogP contribution in [0.1, 0.15) is 12.5 Å². The molecule has 0 saturated heterocycles. The van der Waals surface area contributed by atoms with Gasteiger partial charge in [0.2, 0.25) is 0 Å². The molecule has 0 amide bonds. The van der Waals surface area contributed by atoms with Gasteiger partial charge in [0.1, 0.15) is 5.75 Å². The molecule has 2 aromatic carbocycles. The van der Waals surface area contributed by atoms with Crippen LogP contribution in [0.15, 0.2) is 42.5 Å². The smallest absolute Gasteiger partial charge is 0.307 e. The lowest BCUT2D eigenvalue weighted by atomic mass is 10.0. The third-order valence-electron chi connectivity index (χ3n) is 3.65. The second-order valence-corrected chi connectivity index (χ2v) is 5.63. The van der Waals surface area contributed by atoms with Crippen molar-refractivity contribution in [3.63, 3.8) is 0 Å². The Morgan fingerprint density at radius 2 is 1.96 bits per heavy atom. The highest BCUT2D eigenvalue weighted by molar-refractivity contribution is 6.31. The number of rotatable bonds is 5. The lowest BCUT2D eigenvalue weighted by Crippen LogP contribution is -2.01. The number of carboxylic acids is 1. The van der Waals surface area contributed by atoms with Gasteiger partial charge in [0.05, 0.1) is 18.7 Å². The monoisotopic (exact) mass is 329 g/mol. The highest BCUT2D eigenvalue weighted by atomic mass is 35.5. The number of aromatic amines is 1. The van der Waals surface area contributed by atoms with Crippen LogP contribution in [-0.4, -0.2) is 22.7 Å². The molecule has 0 spiro atoms. The van der Waals surface area contributed by atoms with Crippen LogP contribution in [0.4, 0.5) is 0 Å². The van der Waals surface area contributed by atoms with Gasteiger partial charge in [-0.05, 0) is 60.5 Å². The molecule has 0 bridgehead atoms. The number of hydrogen-bond donors (Lipinski definition) is 2. The third-order valence-corrected chi connectivity index (χ3v) is 3.89. The van der Waals surface area contributed by atoms with E-state index in [0.29, 0.717) is 11.6 Å². The van der Waals surface area contributed by atoms with E-state index in [1.165, 1.54) is 0 Å². The quantitative estimate of drug-likeness (QED) is 0.723. The summed E-state index contributed by atoms with van der Waals surface area (Å²) in [4.78, 5) is 14.6. The zero-order valence-electron chi connectivity index (χ0n) is 12.6. The summed E-state index contributed by atoms with van der Waals surface area (Å²) in [6.07, 6.45) is -0.0666. The second-order valence-electron chi connectivity index (χ2n) is 5.20. The van der Waals surface area contributed by atoms with Crippen molar-refractivity contribution in [1.29, 1.82) is 0 Å². The Bertz CT molecular complexity index is 853. The van der Waals surface area contributed by atoms with E-state index in [4.69, 9.17) is 16.3 Å². The average Bonchev–Trinajstić information content (AvgIpc) is 2.86. The molecule has 118 valence electrons. The predicted octanol–water partition coefficient (Wildman–Crippen LogP) is 4.51. The average molecular weight is 330 g/mol. The second kappa shape index (κ2) is 6.34. The Hall–Kier alpha value is -2.46. The summed E-state index contributed by atoms with van der Waals surface area (Å²) in [6, 6.07) is 13.0. The zero-order valence-corrected chi connectivity index (χ0v) is 13.4. The molecule has 3 rings (SSSR count). The summed E-state index contributed by atoms with van der Waals surface area (Å²) in [5.74, 6) is -0.0896. The maximum atomic E-state index is 11.3. The summed E-state index contributed by atoms with van der Waals surface area (Å²) < 4.78 is 5.44. The van der Waals surface area contributed by atoms with Crippen LogP contribution in [0.3, 0.4) is 0 Å². The van der Waals surface area contributed by atoms with Gasteiger partial charge in [0.15, 0.2) is 0 Å². The fourth-order valence-electron chi connectivity index (χ4n) is 2.69. The van der Waals surface area contributed by atoms with E-state index >= 15 is 0 Å². The maximum absolute atomic E-state index is 11.3. The molecular weight excluding hydrogens is 314 g/mol. The molecule has 1 heterocycles. The van der Waals surface area contributed by atoms with E-state index in [2.05, 4.69) is 4.98 Å². The summed E-state index contributed by atoms with van der Waals surface area (Å²) >= 11 is 6.06. The van der Waals surface area contributed by atoms with Gasteiger partial charge in [-0.25, -0.2) is 0 Å². The molecule has 23 heavy (non-hydrogen) atoms. The van der Waals surface area contributed by atoms with E-state index in [1.54, 1.807) is 12.1 Å². The molecule has 2 N–H and O–H groups in total. The Morgan fingerprint density at radius 3 is 2.61 bits per heavy atom. The fraction of sp³-hybridized carbons (Fsp3) is 0.167. The minimum absolute atomic E-state index is 0.0666. The van der Waals surface area contributed by atoms with Crippen LogP contribution in [0.25, 0.3) is 22.2 Å². The highest BCUT2D eigenvalue weighted by Gasteiger charge is 2.16. The molecular formula is C18H16ClNO3. The number of H-pyrrole nitrogens is 1. The first-order valence-electron chi connectivity index (χ1n) is 7.33. The van der Waals surface area contributed by atoms with Gasteiger partial charge in [-0.15, -0.1) is 0 Å². The van der Waals surface area contributed by atoms with Gasteiger partial charge < -0.3 is 14.8 Å². The largest absolute Gasteiger partial charge is 0.494 e. The molecule has 0 atom stereocenters. The van der Waals surface area contributed by atoms with Crippen molar-refractivity contribution in [3.05, 3.63) is 53.1 Å². The fourth-order valence-corrected chi connectivity index (χ4v) is 2.86. The SMILES string of the molecule is CCOc1ccc(-c2[nH]c3ccc(Cl)cc3c2CC(=O)O)cc1. The standard InChI is InChI=1S/C18H16ClNO3/c1-2-23-13-6-3-11(4-7-13)18-15(10-17(21)22)14-9-12(19)5-8-16(14)20-18/h3-9,20H,2,10H2,1H3,(H,21,22). The number of fused-ring (bicyclic) bond motifs is 1. The predicted molar refractivity (Wildman–Crippen MR) is 91.3 cm³/mol. The van der Waals surface area contributed by atoms with E-state index in [9.17, 15) is 9.90 Å². The third kappa shape index (κ3) is 3.17. The van der Waals surface area contributed by atoms with Crippen molar-refractivity contribution in [3.8, 4) is 17.0 Å². The lowest BCUT2D eigenvalue weighted by Gasteiger charge is -2.06. The lowest BCUT2D eigenvalue weighted by molar-refractivity contribution is -0.136. The van der Waals surface area contributed by atoms with E-state index in [1.807, 2.05) is 37.3 Å². The Labute approximate surface area is 138 Å². The maximum Gasteiger partial charge on any atom is 0.307 e. The number of benzene rings is 2. The van der Waals surface area contributed by atoms with Crippen LogP contribution >= 0.6 is 11.6 Å². The highest BCUT2D eigenvalue weighted by Crippen LogP contribution is 2.33. The normalized spacial score (nSPS) is 10.9. The molecule has 0 unspecified atom stereocenters. The number of halogens is 1. The van der Waals surface area contributed by atoms with Crippen molar-refractivity contribution >= 4 is 28.5 Å². The first kappa shape index (κ1) is 15.4. The summed E-state index contributed by atoms with van der Waals surface area (Å²) in [5, 5.41) is 10.7. The van der Waals surface area contributed by atoms with Gasteiger partial charge in [-0.3, -0.25) is 4.79 Å². The van der Waals surface area contributed by atoms with Crippen LogP contribution in [0.2, 0.25) is 5.02 Å². The summed E-state index contributed by atoms with van der Waals surface area (Å²) in [5.41, 5.74) is 3.32. The van der Waals surface area contributed by atoms with Crippen molar-refractivity contribution in [2.24, 2.45) is 0 Å². The van der Waals surface area contributed by atoms with Gasteiger partial charge in [-0.2, -0.15) is 0 Å². The molecule has 0 fully saturated rings. The Morgan fingerprint density at radius 1 is 1.22 bits per heavy atom. The number of carboxylic acid groups (broad SMARTS) is 1. The first-order chi connectivity index (χ1) is 11.1. The van der Waals surface area contributed by atoms with Crippen LogP contribution in [0, 0.1) is 0 Å². The number of nitrogens with one attached hydrogen (secondary N) is 1. The van der Waals surface area contributed by atoms with E-state index < -0.39 is 5.97 Å². The number of hydrogen-bond acceptors (Lipinski definition) is 2. The number of aromatic nitrogens is 1. The van der Waals surface area contributed by atoms with Crippen molar-refractivity contribution < 1.29 is 14.6 Å². The molecule has 0 aliphatic carbocycles. The van der Waals surface area contributed by atoms with Crippen LogP contribution in [0.5, 0.6) is 5.75 Å². The number of aliphatic carboxylic acids is 1. The molecule has 0 radical (unpaired) electrons. The van der Waals surface area contributed by atoms with E-state index in [0.717, 1.165) is 33.5 Å². The molecule has 5 heteroatoms. The topological polar surface area (TPSA) is 62.3 Å². The van der Waals surface area contributed by atoms with Gasteiger partial charge in [0, 0.05) is 15.9 Å². The summed E-state index contributed by atoms with van der Waals surface area (Å²) in [6.45, 7) is 2.54. The molecule has 0 aliphatic heterocycles. The minimum Gasteiger partial charge on any atom is -0.494 e. The minimum atomic E-state index is -0.877. The van der Waals surface area contributed by atoms with Crippen LogP contribution in [-0.2, 0) is 11.2 Å². The van der Waals surface area contributed by atoms with Gasteiger partial charge in [-0.1, -0.05) is 11.6 Å². The van der Waals surface area contributed by atoms with Crippen molar-refractivity contribution in [1.82, 2.24) is 4.98 Å². The van der Waals surface area contributed by atoms with Crippen molar-refractivity contribution in [2.75, 3.05) is 6.61 Å². The molecule has 4 nitrogen and oxygen atoms in total.